The van der Waals surface area contributed by atoms with Crippen molar-refractivity contribution < 1.29 is 23.8 Å². The van der Waals surface area contributed by atoms with Gasteiger partial charge in [0.2, 0.25) is 0 Å². The van der Waals surface area contributed by atoms with E-state index < -0.39 is 32.4 Å². The van der Waals surface area contributed by atoms with Gasteiger partial charge in [0.05, 0.1) is 5.39 Å². The van der Waals surface area contributed by atoms with Gasteiger partial charge < -0.3 is 20.1 Å². The highest BCUT2D eigenvalue weighted by molar-refractivity contribution is 7.85. The lowest BCUT2D eigenvalue weighted by atomic mass is 10.1. The van der Waals surface area contributed by atoms with Crippen LogP contribution >= 0.6 is 7.82 Å². The maximum Gasteiger partial charge on any atom is 0.488 e. The van der Waals surface area contributed by atoms with Crippen molar-refractivity contribution in [2.75, 3.05) is 12.3 Å². The van der Waals surface area contributed by atoms with Gasteiger partial charge in [-0.05, 0) is 6.07 Å². The van der Waals surface area contributed by atoms with E-state index in [-0.39, 0.29) is 6.61 Å². The third kappa shape index (κ3) is 2.11. The van der Waals surface area contributed by atoms with Crippen molar-refractivity contribution in [3.63, 3.8) is 0 Å². The molecule has 2 radical (unpaired) electrons. The van der Waals surface area contributed by atoms with Crippen LogP contribution in [0.15, 0.2) is 18.6 Å². The molecule has 22 heavy (non-hydrogen) atoms. The number of ether oxygens (including phenoxy) is 1. The molecule has 0 bridgehead atoms. The largest absolute Gasteiger partial charge is 0.488 e. The standard InChI is InChI=1S/C11H13BN4O5P/c12-22(18)19-3-6-8(21-22)7(17)11(20-6)16-2-1-5-9(13)14-4-15-10(5)16/h1-2,4,6-8,11,17-18H,3H2,(H2,13,14,15)/q+1/t6-,7?,8-,11-,22?/m1/s1. The quantitative estimate of drug-likeness (QED) is 0.475. The summed E-state index contributed by atoms with van der Waals surface area (Å²) in [6.07, 6.45) is -0.0313. The number of nitrogens with two attached hydrogens (primary N) is 1. The SMILES string of the molecule is [B][P+]1(O)OC[C@H]2O[C@@H](n3ccc4c(N)ncnc43)C(O)[C@@H]2O1. The Morgan fingerprint density at radius 1 is 1.45 bits per heavy atom. The zero-order valence-electron chi connectivity index (χ0n) is 11.3. The van der Waals surface area contributed by atoms with Gasteiger partial charge in [-0.3, -0.25) is 0 Å². The number of nitrogens with zero attached hydrogens (tertiary/aromatic N) is 3. The molecule has 0 aromatic carbocycles. The van der Waals surface area contributed by atoms with Crippen molar-refractivity contribution in [2.24, 2.45) is 0 Å². The summed E-state index contributed by atoms with van der Waals surface area (Å²) in [7, 11) is 2.08. The minimum absolute atomic E-state index is 0.0509. The third-order valence-electron chi connectivity index (χ3n) is 3.82. The van der Waals surface area contributed by atoms with Gasteiger partial charge in [-0.1, -0.05) is 0 Å². The van der Waals surface area contributed by atoms with Crippen LogP contribution in [-0.2, 0) is 13.8 Å². The van der Waals surface area contributed by atoms with E-state index in [4.69, 9.17) is 27.1 Å². The van der Waals surface area contributed by atoms with Crippen molar-refractivity contribution in [1.82, 2.24) is 14.5 Å². The summed E-state index contributed by atoms with van der Waals surface area (Å²) < 4.78 is 17.7. The van der Waals surface area contributed by atoms with E-state index in [1.54, 1.807) is 16.8 Å². The molecule has 0 amide bonds. The van der Waals surface area contributed by atoms with Gasteiger partial charge in [0.15, 0.2) is 12.3 Å². The highest BCUT2D eigenvalue weighted by Gasteiger charge is 2.56. The van der Waals surface area contributed by atoms with E-state index in [9.17, 15) is 10.00 Å². The minimum atomic E-state index is -3.40. The second-order valence-electron chi connectivity index (χ2n) is 5.20. The molecule has 4 heterocycles. The summed E-state index contributed by atoms with van der Waals surface area (Å²) >= 11 is 0. The van der Waals surface area contributed by atoms with Gasteiger partial charge in [-0.25, -0.2) is 14.9 Å². The van der Waals surface area contributed by atoms with Crippen LogP contribution in [0.25, 0.3) is 11.0 Å². The fourth-order valence-electron chi connectivity index (χ4n) is 2.79. The van der Waals surface area contributed by atoms with Crippen LogP contribution in [-0.4, -0.2) is 57.0 Å². The van der Waals surface area contributed by atoms with E-state index in [1.165, 1.54) is 6.33 Å². The Balaban J connectivity index is 1.70. The molecule has 2 aromatic heterocycles. The van der Waals surface area contributed by atoms with Gasteiger partial charge in [0.25, 0.3) is 0 Å². The molecule has 2 aliphatic rings. The lowest BCUT2D eigenvalue weighted by Gasteiger charge is -2.27. The summed E-state index contributed by atoms with van der Waals surface area (Å²) in [5.41, 5.74) is 6.33. The molecule has 9 nitrogen and oxygen atoms in total. The zero-order chi connectivity index (χ0) is 15.5. The van der Waals surface area contributed by atoms with E-state index in [1.807, 2.05) is 0 Å². The van der Waals surface area contributed by atoms with Crippen molar-refractivity contribution in [3.8, 4) is 0 Å². The molecule has 5 atom stereocenters. The molecule has 2 aliphatic heterocycles. The maximum atomic E-state index is 10.5. The van der Waals surface area contributed by atoms with Gasteiger partial charge in [0, 0.05) is 6.20 Å². The molecule has 0 aliphatic carbocycles. The summed E-state index contributed by atoms with van der Waals surface area (Å²) in [5.74, 6) is 0.343. The molecule has 2 aromatic rings. The van der Waals surface area contributed by atoms with Crippen molar-refractivity contribution in [3.05, 3.63) is 18.6 Å². The van der Waals surface area contributed by atoms with E-state index >= 15 is 0 Å². The van der Waals surface area contributed by atoms with E-state index in [0.717, 1.165) is 0 Å². The minimum Gasteiger partial charge on any atom is -0.385 e. The van der Waals surface area contributed by atoms with Gasteiger partial charge >= 0.3 is 15.4 Å². The third-order valence-corrected chi connectivity index (χ3v) is 4.88. The first kappa shape index (κ1) is 14.3. The highest BCUT2D eigenvalue weighted by atomic mass is 31.2. The Morgan fingerprint density at radius 3 is 3.09 bits per heavy atom. The summed E-state index contributed by atoms with van der Waals surface area (Å²) in [6.45, 7) is 0.0509. The average Bonchev–Trinajstić information content (AvgIpc) is 3.01. The first-order chi connectivity index (χ1) is 10.5. The van der Waals surface area contributed by atoms with Crippen molar-refractivity contribution in [2.45, 2.75) is 24.5 Å². The fourth-order valence-corrected chi connectivity index (χ4v) is 3.83. The molecule has 2 fully saturated rings. The summed E-state index contributed by atoms with van der Waals surface area (Å²) in [5, 5.41) is 11.1. The van der Waals surface area contributed by atoms with Crippen LogP contribution in [0.4, 0.5) is 5.82 Å². The number of aromatic nitrogens is 3. The monoisotopic (exact) mass is 323 g/mol. The molecule has 11 heteroatoms. The van der Waals surface area contributed by atoms with Crippen LogP contribution in [0.3, 0.4) is 0 Å². The Morgan fingerprint density at radius 2 is 2.27 bits per heavy atom. The Kier molecular flexibility index (Phi) is 3.16. The number of aliphatic hydroxyl groups is 1. The second-order valence-corrected chi connectivity index (χ2v) is 6.80. The topological polar surface area (TPSA) is 125 Å². The molecule has 2 saturated heterocycles. The van der Waals surface area contributed by atoms with Crippen LogP contribution in [0, 0.1) is 0 Å². The summed E-state index contributed by atoms with van der Waals surface area (Å²) in [6, 6.07) is 1.74. The van der Waals surface area contributed by atoms with Crippen molar-refractivity contribution >= 4 is 32.2 Å². The molecular formula is C11H13BN4O5P+. The molecule has 0 spiro atoms. The summed E-state index contributed by atoms with van der Waals surface area (Å²) in [4.78, 5) is 17.8. The Bertz CT molecular complexity index is 728. The normalized spacial score (nSPS) is 38.3. The predicted octanol–water partition coefficient (Wildman–Crippen LogP) is -0.474. The van der Waals surface area contributed by atoms with Crippen LogP contribution in [0.5, 0.6) is 0 Å². The molecule has 0 saturated carbocycles. The molecule has 114 valence electrons. The smallest absolute Gasteiger partial charge is 0.385 e. The highest BCUT2D eigenvalue weighted by Crippen LogP contribution is 2.58. The number of rotatable bonds is 1. The fraction of sp³-hybridized carbons (Fsp3) is 0.455. The van der Waals surface area contributed by atoms with Gasteiger partial charge in [-0.2, -0.15) is 9.05 Å². The number of anilines is 1. The lowest BCUT2D eigenvalue weighted by Crippen LogP contribution is -2.40. The predicted molar refractivity (Wildman–Crippen MR) is 77.6 cm³/mol. The Labute approximate surface area is 127 Å². The number of hydrogen-bond acceptors (Lipinski definition) is 8. The van der Waals surface area contributed by atoms with Crippen molar-refractivity contribution in [1.29, 1.82) is 0 Å². The first-order valence-corrected chi connectivity index (χ1v) is 8.25. The zero-order valence-corrected chi connectivity index (χ0v) is 12.2. The molecule has 2 unspecified atom stereocenters. The molecule has 4 rings (SSSR count). The number of aliphatic hydroxyl groups excluding tert-OH is 1. The maximum absolute atomic E-state index is 10.5. The van der Waals surface area contributed by atoms with Gasteiger partial charge in [-0.15, -0.1) is 0 Å². The Hall–Kier alpha value is -1.29. The second kappa shape index (κ2) is 4.85. The number of hydrogen-bond donors (Lipinski definition) is 3. The molecular weight excluding hydrogens is 310 g/mol. The van der Waals surface area contributed by atoms with Gasteiger partial charge in [0.1, 0.15) is 36.6 Å². The van der Waals surface area contributed by atoms with E-state index in [0.29, 0.717) is 16.9 Å². The number of nitrogen functional groups attached to an aromatic ring is 1. The molecule has 4 N–H and O–H groups in total. The van der Waals surface area contributed by atoms with E-state index in [2.05, 4.69) is 9.97 Å². The van der Waals surface area contributed by atoms with Crippen LogP contribution < -0.4 is 5.73 Å². The number of fused-ring (bicyclic) bond motifs is 2. The first-order valence-electron chi connectivity index (χ1n) is 6.60. The lowest BCUT2D eigenvalue weighted by molar-refractivity contribution is -0.0601. The van der Waals surface area contributed by atoms with Crippen LogP contribution in [0.2, 0.25) is 0 Å². The van der Waals surface area contributed by atoms with Crippen LogP contribution in [0.1, 0.15) is 6.23 Å². The average molecular weight is 323 g/mol.